The van der Waals surface area contributed by atoms with E-state index in [9.17, 15) is 14.7 Å². The molecule has 4 nitrogen and oxygen atoms in total. The molecule has 19 heavy (non-hydrogen) atoms. The molecule has 2 atom stereocenters. The highest BCUT2D eigenvalue weighted by Crippen LogP contribution is 2.31. The first-order valence-corrected chi connectivity index (χ1v) is 7.90. The number of hydrogen-bond acceptors (Lipinski definition) is 3. The molecule has 1 aromatic heterocycles. The van der Waals surface area contributed by atoms with E-state index in [0.717, 1.165) is 21.5 Å². The molecule has 104 valence electrons. The lowest BCUT2D eigenvalue weighted by molar-refractivity contribution is -0.152. The lowest BCUT2D eigenvalue weighted by Crippen LogP contribution is -2.49. The zero-order valence-electron chi connectivity index (χ0n) is 10.6. The van der Waals surface area contributed by atoms with E-state index in [1.54, 1.807) is 0 Å². The number of thiophene rings is 1. The van der Waals surface area contributed by atoms with Gasteiger partial charge in [-0.3, -0.25) is 4.79 Å². The second-order valence-corrected chi connectivity index (χ2v) is 7.24. The first kappa shape index (κ1) is 14.5. The molecular formula is C13H16BrNO3S. The highest BCUT2D eigenvalue weighted by Gasteiger charge is 2.34. The summed E-state index contributed by atoms with van der Waals surface area (Å²) < 4.78 is 0.982. The Hall–Kier alpha value is -0.880. The van der Waals surface area contributed by atoms with Gasteiger partial charge < -0.3 is 10.0 Å². The van der Waals surface area contributed by atoms with Crippen molar-refractivity contribution in [1.29, 1.82) is 0 Å². The number of nitrogens with zero attached hydrogens (tertiary/aromatic N) is 1. The number of hydrogen-bond donors (Lipinski definition) is 1. The maximum Gasteiger partial charge on any atom is 0.326 e. The number of amides is 1. The zero-order chi connectivity index (χ0) is 14.0. The molecule has 1 unspecified atom stereocenters. The highest BCUT2D eigenvalue weighted by molar-refractivity contribution is 9.11. The third kappa shape index (κ3) is 3.17. The molecule has 1 N–H and O–H groups in total. The third-order valence-corrected chi connectivity index (χ3v) is 5.27. The highest BCUT2D eigenvalue weighted by atomic mass is 79.9. The van der Waals surface area contributed by atoms with E-state index in [1.807, 2.05) is 19.1 Å². The molecule has 0 radical (unpaired) electrons. The van der Waals surface area contributed by atoms with E-state index in [0.29, 0.717) is 13.0 Å². The normalized spacial score (nSPS) is 21.2. The van der Waals surface area contributed by atoms with Gasteiger partial charge in [0.1, 0.15) is 6.04 Å². The van der Waals surface area contributed by atoms with Crippen molar-refractivity contribution < 1.29 is 14.7 Å². The molecule has 0 bridgehead atoms. The molecule has 0 aromatic carbocycles. The molecule has 1 aliphatic rings. The van der Waals surface area contributed by atoms with Crippen LogP contribution in [0.2, 0.25) is 0 Å². The minimum Gasteiger partial charge on any atom is -0.480 e. The summed E-state index contributed by atoms with van der Waals surface area (Å²) >= 11 is 4.90. The van der Waals surface area contributed by atoms with Crippen LogP contribution in [0.3, 0.4) is 0 Å². The number of carbonyl (C=O) groups is 2. The van der Waals surface area contributed by atoms with Gasteiger partial charge in [-0.25, -0.2) is 4.79 Å². The van der Waals surface area contributed by atoms with Crippen LogP contribution in [0.1, 0.15) is 37.0 Å². The van der Waals surface area contributed by atoms with Gasteiger partial charge in [-0.2, -0.15) is 0 Å². The molecule has 1 aromatic rings. The molecule has 2 heterocycles. The Bertz CT molecular complexity index is 488. The summed E-state index contributed by atoms with van der Waals surface area (Å²) in [5.74, 6) is -1.26. The van der Waals surface area contributed by atoms with E-state index < -0.39 is 12.0 Å². The zero-order valence-corrected chi connectivity index (χ0v) is 13.0. The van der Waals surface area contributed by atoms with E-state index >= 15 is 0 Å². The van der Waals surface area contributed by atoms with Crippen LogP contribution < -0.4 is 0 Å². The van der Waals surface area contributed by atoms with Crippen molar-refractivity contribution in [2.24, 2.45) is 0 Å². The van der Waals surface area contributed by atoms with E-state index in [1.165, 1.54) is 16.2 Å². The minimum absolute atomic E-state index is 0.0820. The van der Waals surface area contributed by atoms with Gasteiger partial charge in [0.2, 0.25) is 5.91 Å². The van der Waals surface area contributed by atoms with Crippen LogP contribution in [0.15, 0.2) is 15.9 Å². The quantitative estimate of drug-likeness (QED) is 0.915. The van der Waals surface area contributed by atoms with Crippen molar-refractivity contribution >= 4 is 39.1 Å². The summed E-state index contributed by atoms with van der Waals surface area (Å²) in [6, 6.07) is 3.17. The number of carbonyl (C=O) groups excluding carboxylic acids is 1. The molecule has 0 spiro atoms. The number of halogens is 1. The van der Waals surface area contributed by atoms with Gasteiger partial charge in [0.05, 0.1) is 9.70 Å². The molecular weight excluding hydrogens is 330 g/mol. The number of aliphatic carboxylic acids is 1. The first-order valence-electron chi connectivity index (χ1n) is 6.29. The van der Waals surface area contributed by atoms with Crippen LogP contribution in [0.4, 0.5) is 0 Å². The van der Waals surface area contributed by atoms with Crippen LogP contribution in [-0.4, -0.2) is 34.5 Å². The van der Waals surface area contributed by atoms with Crippen LogP contribution >= 0.6 is 27.3 Å². The van der Waals surface area contributed by atoms with Crippen molar-refractivity contribution in [2.75, 3.05) is 6.54 Å². The predicted molar refractivity (Wildman–Crippen MR) is 77.4 cm³/mol. The van der Waals surface area contributed by atoms with Crippen LogP contribution in [-0.2, 0) is 9.59 Å². The topological polar surface area (TPSA) is 57.6 Å². The minimum atomic E-state index is -0.896. The van der Waals surface area contributed by atoms with Crippen LogP contribution in [0.5, 0.6) is 0 Å². The molecule has 1 aliphatic heterocycles. The molecule has 1 saturated heterocycles. The van der Waals surface area contributed by atoms with Crippen LogP contribution in [0, 0.1) is 0 Å². The molecule has 1 amide bonds. The van der Waals surface area contributed by atoms with E-state index in [4.69, 9.17) is 0 Å². The molecule has 2 rings (SSSR count). The molecule has 1 fully saturated rings. The average molecular weight is 346 g/mol. The summed E-state index contributed by atoms with van der Waals surface area (Å²) in [4.78, 5) is 26.2. The summed E-state index contributed by atoms with van der Waals surface area (Å²) in [6.45, 7) is 2.39. The van der Waals surface area contributed by atoms with Gasteiger partial charge >= 0.3 is 5.97 Å². The van der Waals surface area contributed by atoms with Crippen LogP contribution in [0.25, 0.3) is 0 Å². The Kier molecular flexibility index (Phi) is 4.62. The van der Waals surface area contributed by atoms with Gasteiger partial charge in [-0.05, 0) is 54.2 Å². The molecule has 0 aliphatic carbocycles. The summed E-state index contributed by atoms with van der Waals surface area (Å²) in [6.07, 6.45) is 2.32. The summed E-state index contributed by atoms with van der Waals surface area (Å²) in [7, 11) is 0. The van der Waals surface area contributed by atoms with Crippen molar-refractivity contribution in [3.8, 4) is 0 Å². The first-order chi connectivity index (χ1) is 9.00. The lowest BCUT2D eigenvalue weighted by Gasteiger charge is -2.34. The fraction of sp³-hybridized carbons (Fsp3) is 0.538. The number of carboxylic acid groups (broad SMARTS) is 1. The van der Waals surface area contributed by atoms with Gasteiger partial charge in [0, 0.05) is 11.4 Å². The Labute approximate surface area is 124 Å². The van der Waals surface area contributed by atoms with Crippen molar-refractivity contribution in [3.63, 3.8) is 0 Å². The molecule has 6 heteroatoms. The van der Waals surface area contributed by atoms with E-state index in [-0.39, 0.29) is 11.8 Å². The average Bonchev–Trinajstić information content (AvgIpc) is 2.83. The maximum absolute atomic E-state index is 12.5. The van der Waals surface area contributed by atoms with Gasteiger partial charge in [0.15, 0.2) is 0 Å². The SMILES string of the molecule is CC(C(=O)N1CCCC[C@@H]1C(=O)O)c1ccc(Br)s1. The Balaban J connectivity index is 2.15. The summed E-state index contributed by atoms with van der Waals surface area (Å²) in [5.41, 5.74) is 0. The standard InChI is InChI=1S/C13H16BrNO3S/c1-8(10-5-6-11(14)19-10)12(16)15-7-3-2-4-9(15)13(17)18/h5-6,8-9H,2-4,7H2,1H3,(H,17,18)/t8?,9-/m1/s1. The number of rotatable bonds is 3. The lowest BCUT2D eigenvalue weighted by atomic mass is 9.99. The van der Waals surface area contributed by atoms with E-state index in [2.05, 4.69) is 15.9 Å². The third-order valence-electron chi connectivity index (χ3n) is 3.46. The number of likely N-dealkylation sites (tertiary alicyclic amines) is 1. The smallest absolute Gasteiger partial charge is 0.326 e. The Morgan fingerprint density at radius 2 is 2.21 bits per heavy atom. The second-order valence-electron chi connectivity index (χ2n) is 4.75. The largest absolute Gasteiger partial charge is 0.480 e. The maximum atomic E-state index is 12.5. The van der Waals surface area contributed by atoms with Gasteiger partial charge in [0.25, 0.3) is 0 Å². The Morgan fingerprint density at radius 3 is 2.79 bits per heavy atom. The monoisotopic (exact) mass is 345 g/mol. The number of carboxylic acids is 1. The number of piperidine rings is 1. The second kappa shape index (κ2) is 6.05. The van der Waals surface area contributed by atoms with Crippen molar-refractivity contribution in [2.45, 2.75) is 38.1 Å². The fourth-order valence-corrected chi connectivity index (χ4v) is 3.85. The molecule has 0 saturated carbocycles. The van der Waals surface area contributed by atoms with Gasteiger partial charge in [-0.1, -0.05) is 0 Å². The van der Waals surface area contributed by atoms with Gasteiger partial charge in [-0.15, -0.1) is 11.3 Å². The fourth-order valence-electron chi connectivity index (χ4n) is 2.38. The summed E-state index contributed by atoms with van der Waals surface area (Å²) in [5, 5.41) is 9.22. The van der Waals surface area contributed by atoms with Crippen molar-refractivity contribution in [3.05, 3.63) is 20.8 Å². The Morgan fingerprint density at radius 1 is 1.47 bits per heavy atom. The predicted octanol–water partition coefficient (Wildman–Crippen LogP) is 3.08. The van der Waals surface area contributed by atoms with Crippen molar-refractivity contribution in [1.82, 2.24) is 4.90 Å².